The summed E-state index contributed by atoms with van der Waals surface area (Å²) in [6.07, 6.45) is 3.29. The number of pyridine rings is 2. The van der Waals surface area contributed by atoms with Crippen molar-refractivity contribution in [1.82, 2.24) is 15.3 Å². The van der Waals surface area contributed by atoms with Crippen LogP contribution in [0.2, 0.25) is 0 Å². The maximum absolute atomic E-state index is 11.7. The predicted octanol–water partition coefficient (Wildman–Crippen LogP) is 0.852. The molecule has 0 spiro atoms. The molecule has 7 heteroatoms. The molecule has 0 aromatic carbocycles. The Hall–Kier alpha value is -2.41. The van der Waals surface area contributed by atoms with Crippen LogP contribution in [0.5, 0.6) is 0 Å². The van der Waals surface area contributed by atoms with E-state index < -0.39 is 11.2 Å². The lowest BCUT2D eigenvalue weighted by Crippen LogP contribution is -2.36. The summed E-state index contributed by atoms with van der Waals surface area (Å²) >= 11 is -1.67. The second-order valence-electron chi connectivity index (χ2n) is 3.67. The van der Waals surface area contributed by atoms with Crippen molar-refractivity contribution in [3.05, 3.63) is 60.2 Å². The lowest BCUT2D eigenvalue weighted by molar-refractivity contribution is 0.685. The largest absolute Gasteiger partial charge is 0.320 e. The van der Waals surface area contributed by atoms with E-state index in [-0.39, 0.29) is 0 Å². The summed E-state index contributed by atoms with van der Waals surface area (Å²) in [5.41, 5.74) is 1.22. The quantitative estimate of drug-likeness (QED) is 0.878. The van der Waals surface area contributed by atoms with Gasteiger partial charge in [-0.25, -0.2) is 4.21 Å². The number of hydrogen-bond acceptors (Lipinski definition) is 4. The fraction of sp³-hybridized carbons (Fsp3) is 0. The maximum atomic E-state index is 11.7. The molecule has 0 saturated heterocycles. The summed E-state index contributed by atoms with van der Waals surface area (Å²) < 4.78 is 19.5. The van der Waals surface area contributed by atoms with Crippen LogP contribution in [0.25, 0.3) is 0 Å². The topological polar surface area (TPSA) is 79.6 Å². The van der Waals surface area contributed by atoms with E-state index in [2.05, 4.69) is 24.1 Å². The first-order chi connectivity index (χ1) is 9.33. The van der Waals surface area contributed by atoms with Crippen molar-refractivity contribution in [3.63, 3.8) is 0 Å². The molecule has 0 fully saturated rings. The van der Waals surface area contributed by atoms with Gasteiger partial charge in [0, 0.05) is 12.4 Å². The van der Waals surface area contributed by atoms with Gasteiger partial charge in [-0.1, -0.05) is 12.1 Å². The standard InChI is InChI=1S/C12H9N5OS/c18-19-16-11(9-5-1-3-7-13-9)15-12(17-19)10-6-2-4-8-14-10/h1-8H,(H,15,16,17). The van der Waals surface area contributed by atoms with Crippen molar-refractivity contribution in [2.75, 3.05) is 0 Å². The Labute approximate surface area is 112 Å². The van der Waals surface area contributed by atoms with E-state index in [1.807, 2.05) is 12.1 Å². The Morgan fingerprint density at radius 1 is 0.842 bits per heavy atom. The first kappa shape index (κ1) is 11.7. The van der Waals surface area contributed by atoms with Crippen molar-refractivity contribution in [1.29, 1.82) is 0 Å². The summed E-state index contributed by atoms with van der Waals surface area (Å²) in [6, 6.07) is 10.8. The molecule has 0 unspecified atom stereocenters. The number of nitrogens with zero attached hydrogens (tertiary/aromatic N) is 4. The zero-order chi connectivity index (χ0) is 13.1. The first-order valence-corrected chi connectivity index (χ1v) is 6.58. The van der Waals surface area contributed by atoms with E-state index in [9.17, 15) is 4.21 Å². The Kier molecular flexibility index (Phi) is 3.11. The molecule has 1 N–H and O–H groups in total. The van der Waals surface area contributed by atoms with Gasteiger partial charge in [0.05, 0.1) is 0 Å². The monoisotopic (exact) mass is 271 g/mol. The minimum absolute atomic E-state index is 0.426. The minimum atomic E-state index is -1.67. The summed E-state index contributed by atoms with van der Waals surface area (Å²) in [5.74, 6) is 0.851. The molecule has 0 saturated carbocycles. The van der Waals surface area contributed by atoms with Crippen LogP contribution in [0.15, 0.2) is 57.6 Å². The molecule has 3 heterocycles. The molecular weight excluding hydrogens is 262 g/mol. The van der Waals surface area contributed by atoms with Crippen LogP contribution in [0.4, 0.5) is 0 Å². The van der Waals surface area contributed by atoms with Gasteiger partial charge in [-0.05, 0) is 24.3 Å². The number of hydrogen-bond donors (Lipinski definition) is 1. The fourth-order valence-electron chi connectivity index (χ4n) is 1.56. The Morgan fingerprint density at radius 3 is 1.79 bits per heavy atom. The van der Waals surface area contributed by atoms with Gasteiger partial charge in [0.25, 0.3) is 11.2 Å². The molecule has 1 aliphatic rings. The lowest BCUT2D eigenvalue weighted by Gasteiger charge is -2.13. The highest BCUT2D eigenvalue weighted by Gasteiger charge is 2.17. The summed E-state index contributed by atoms with van der Waals surface area (Å²) in [7, 11) is 0. The third-order valence-corrected chi connectivity index (χ3v) is 3.07. The number of aromatic nitrogens is 2. The molecule has 1 aliphatic heterocycles. The number of nitrogens with one attached hydrogen (secondary N) is 1. The molecule has 0 radical (unpaired) electrons. The van der Waals surface area contributed by atoms with Crippen LogP contribution < -0.4 is 5.32 Å². The molecule has 94 valence electrons. The summed E-state index contributed by atoms with van der Waals surface area (Å²) in [6.45, 7) is 0. The highest BCUT2D eigenvalue weighted by molar-refractivity contribution is 7.82. The molecule has 2 aromatic heterocycles. The zero-order valence-corrected chi connectivity index (χ0v) is 10.5. The fourth-order valence-corrected chi connectivity index (χ4v) is 2.19. The van der Waals surface area contributed by atoms with Gasteiger partial charge in [0.1, 0.15) is 11.4 Å². The van der Waals surface area contributed by atoms with Crippen molar-refractivity contribution in [3.8, 4) is 0 Å². The van der Waals surface area contributed by atoms with E-state index in [1.54, 1.807) is 36.7 Å². The number of rotatable bonds is 2. The van der Waals surface area contributed by atoms with Crippen molar-refractivity contribution >= 4 is 22.8 Å². The third kappa shape index (κ3) is 2.55. The van der Waals surface area contributed by atoms with E-state index in [0.29, 0.717) is 23.1 Å². The highest BCUT2D eigenvalue weighted by Crippen LogP contribution is 2.06. The van der Waals surface area contributed by atoms with Crippen molar-refractivity contribution in [2.45, 2.75) is 0 Å². The smallest absolute Gasteiger partial charge is 0.269 e. The van der Waals surface area contributed by atoms with Gasteiger partial charge < -0.3 is 5.32 Å². The molecule has 6 nitrogen and oxygen atoms in total. The van der Waals surface area contributed by atoms with Gasteiger partial charge in [0.15, 0.2) is 11.7 Å². The van der Waals surface area contributed by atoms with Crippen LogP contribution in [0.3, 0.4) is 0 Å². The SMILES string of the molecule is O=S1N=C(c2ccccn2)NC(c2ccccn2)=N1. The minimum Gasteiger partial charge on any atom is -0.320 e. The average molecular weight is 271 g/mol. The van der Waals surface area contributed by atoms with E-state index >= 15 is 0 Å². The van der Waals surface area contributed by atoms with Crippen LogP contribution in [0.1, 0.15) is 11.4 Å². The first-order valence-electron chi connectivity index (χ1n) is 5.52. The van der Waals surface area contributed by atoms with Crippen LogP contribution in [-0.2, 0) is 11.2 Å². The highest BCUT2D eigenvalue weighted by atomic mass is 32.2. The van der Waals surface area contributed by atoms with E-state index in [0.717, 1.165) is 0 Å². The molecule has 19 heavy (non-hydrogen) atoms. The summed E-state index contributed by atoms with van der Waals surface area (Å²) in [5, 5.41) is 3.00. The van der Waals surface area contributed by atoms with Gasteiger partial charge in [-0.2, -0.15) is 0 Å². The maximum Gasteiger partial charge on any atom is 0.269 e. The Bertz CT molecular complexity index is 612. The molecule has 0 bridgehead atoms. The predicted molar refractivity (Wildman–Crippen MR) is 72.8 cm³/mol. The van der Waals surface area contributed by atoms with E-state index in [1.165, 1.54) is 0 Å². The normalized spacial score (nSPS) is 15.4. The lowest BCUT2D eigenvalue weighted by atomic mass is 10.3. The molecule has 0 atom stereocenters. The zero-order valence-electron chi connectivity index (χ0n) is 9.72. The van der Waals surface area contributed by atoms with Crippen molar-refractivity contribution < 1.29 is 4.21 Å². The van der Waals surface area contributed by atoms with Crippen molar-refractivity contribution in [2.24, 2.45) is 8.80 Å². The molecule has 2 aromatic rings. The Morgan fingerprint density at radius 2 is 1.37 bits per heavy atom. The van der Waals surface area contributed by atoms with Crippen LogP contribution in [0, 0.1) is 0 Å². The van der Waals surface area contributed by atoms with Crippen LogP contribution in [-0.4, -0.2) is 25.8 Å². The second-order valence-corrected chi connectivity index (χ2v) is 4.49. The van der Waals surface area contributed by atoms with Crippen LogP contribution >= 0.6 is 0 Å². The molecule has 0 aliphatic carbocycles. The van der Waals surface area contributed by atoms with Gasteiger partial charge in [-0.15, -0.1) is 8.80 Å². The molecule has 0 amide bonds. The van der Waals surface area contributed by atoms with E-state index in [4.69, 9.17) is 0 Å². The third-order valence-electron chi connectivity index (χ3n) is 2.39. The van der Waals surface area contributed by atoms with Gasteiger partial charge >= 0.3 is 0 Å². The van der Waals surface area contributed by atoms with Gasteiger partial charge in [0.2, 0.25) is 0 Å². The summed E-state index contributed by atoms with van der Waals surface area (Å²) in [4.78, 5) is 8.32. The molecule has 3 rings (SSSR count). The second kappa shape index (κ2) is 5.07. The molecular formula is C12H9N5OS. The average Bonchev–Trinajstić information content (AvgIpc) is 2.48. The Balaban J connectivity index is 1.94. The number of amidine groups is 2. The van der Waals surface area contributed by atoms with Gasteiger partial charge in [-0.3, -0.25) is 9.97 Å².